The Morgan fingerprint density at radius 3 is 2.60 bits per heavy atom. The summed E-state index contributed by atoms with van der Waals surface area (Å²) < 4.78 is 12.7. The van der Waals surface area contributed by atoms with Crippen molar-refractivity contribution in [1.82, 2.24) is 0 Å². The molecule has 0 saturated heterocycles. The predicted octanol–water partition coefficient (Wildman–Crippen LogP) is 2.11. The summed E-state index contributed by atoms with van der Waals surface area (Å²) >= 11 is 0. The van der Waals surface area contributed by atoms with Gasteiger partial charge in [0.1, 0.15) is 5.83 Å². The van der Waals surface area contributed by atoms with Crippen LogP contribution in [0.25, 0.3) is 0 Å². The number of rotatable bonds is 6. The number of hydrogen-bond donors (Lipinski definition) is 2. The van der Waals surface area contributed by atoms with Crippen LogP contribution in [0.3, 0.4) is 0 Å². The highest BCUT2D eigenvalue weighted by molar-refractivity contribution is 5.66. The maximum Gasteiger partial charge on any atom is 0.303 e. The van der Waals surface area contributed by atoms with Crippen molar-refractivity contribution in [3.05, 3.63) is 11.9 Å². The Morgan fingerprint density at radius 1 is 1.53 bits per heavy atom. The monoisotopic (exact) mass is 218 g/mol. The number of nitrogens with two attached hydrogens (primary N) is 1. The van der Waals surface area contributed by atoms with Crippen molar-refractivity contribution < 1.29 is 14.3 Å². The molecule has 0 fully saturated rings. The summed E-state index contributed by atoms with van der Waals surface area (Å²) in [7, 11) is 0. The Kier molecular flexibility index (Phi) is 13.5. The maximum absolute atomic E-state index is 12.7. The molecule has 0 saturated carbocycles. The number of unbranched alkanes of at least 4 members (excludes halogenated alkanes) is 1. The Morgan fingerprint density at radius 2 is 2.13 bits per heavy atom. The molecule has 0 aromatic heterocycles. The van der Waals surface area contributed by atoms with Crippen molar-refractivity contribution in [3.8, 4) is 0 Å². The summed E-state index contributed by atoms with van der Waals surface area (Å²) in [4.78, 5) is 13.5. The summed E-state index contributed by atoms with van der Waals surface area (Å²) in [6.07, 6.45) is 3.28. The molecule has 0 radical (unpaired) electrons. The molecule has 0 unspecified atom stereocenters. The molecule has 0 bridgehead atoms. The van der Waals surface area contributed by atoms with Crippen molar-refractivity contribution in [2.24, 2.45) is 10.7 Å². The largest absolute Gasteiger partial charge is 0.481 e. The molecule has 0 spiro atoms. The van der Waals surface area contributed by atoms with Gasteiger partial charge < -0.3 is 10.8 Å². The van der Waals surface area contributed by atoms with Gasteiger partial charge in [0.2, 0.25) is 0 Å². The van der Waals surface area contributed by atoms with E-state index in [0.717, 1.165) is 6.34 Å². The zero-order valence-corrected chi connectivity index (χ0v) is 9.24. The first kappa shape index (κ1) is 16.1. The van der Waals surface area contributed by atoms with Crippen LogP contribution < -0.4 is 5.73 Å². The van der Waals surface area contributed by atoms with Gasteiger partial charge in [0.15, 0.2) is 0 Å². The van der Waals surface area contributed by atoms with Gasteiger partial charge in [-0.1, -0.05) is 19.9 Å². The van der Waals surface area contributed by atoms with Gasteiger partial charge in [0, 0.05) is 6.42 Å². The van der Waals surface area contributed by atoms with E-state index in [2.05, 4.69) is 4.99 Å². The van der Waals surface area contributed by atoms with E-state index in [-0.39, 0.29) is 18.8 Å². The minimum Gasteiger partial charge on any atom is -0.481 e. The summed E-state index contributed by atoms with van der Waals surface area (Å²) in [6.45, 7) is 3.93. The van der Waals surface area contributed by atoms with Crippen LogP contribution in [0.15, 0.2) is 16.9 Å². The topological polar surface area (TPSA) is 75.7 Å². The molecule has 5 heteroatoms. The number of carbonyl (C=O) groups is 1. The molecule has 4 nitrogen and oxygen atoms in total. The molecular formula is C10H19FN2O2. The summed E-state index contributed by atoms with van der Waals surface area (Å²) in [5.41, 5.74) is 4.91. The molecule has 0 amide bonds. The third kappa shape index (κ3) is 15.4. The number of nitrogens with zero attached hydrogens (tertiary/aromatic N) is 1. The Balaban J connectivity index is 0. The number of hydrogen-bond acceptors (Lipinski definition) is 2. The first-order chi connectivity index (χ1) is 7.16. The lowest BCUT2D eigenvalue weighted by atomic mass is 10.2. The number of carboxylic acids is 1. The van der Waals surface area contributed by atoms with Gasteiger partial charge in [0.25, 0.3) is 0 Å². The molecule has 0 rings (SSSR count). The number of halogens is 1. The van der Waals surface area contributed by atoms with Gasteiger partial charge in [-0.25, -0.2) is 4.39 Å². The molecule has 0 aliphatic heterocycles. The van der Waals surface area contributed by atoms with E-state index in [1.807, 2.05) is 13.8 Å². The minimum absolute atomic E-state index is 0.0595. The molecule has 0 aliphatic carbocycles. The second-order valence-corrected chi connectivity index (χ2v) is 2.43. The molecule has 0 aliphatic rings. The van der Waals surface area contributed by atoms with E-state index in [0.29, 0.717) is 12.8 Å². The van der Waals surface area contributed by atoms with Gasteiger partial charge in [-0.15, -0.1) is 0 Å². The van der Waals surface area contributed by atoms with Gasteiger partial charge in [-0.3, -0.25) is 9.79 Å². The number of aliphatic carboxylic acids is 1. The molecule has 0 heterocycles. The highest BCUT2D eigenvalue weighted by Gasteiger charge is 1.95. The Labute approximate surface area is 89.7 Å². The Hall–Kier alpha value is -1.39. The second kappa shape index (κ2) is 12.6. The summed E-state index contributed by atoms with van der Waals surface area (Å²) in [6, 6.07) is 0. The fourth-order valence-corrected chi connectivity index (χ4v) is 0.716. The van der Waals surface area contributed by atoms with E-state index in [4.69, 9.17) is 10.8 Å². The fraction of sp³-hybridized carbons (Fsp3) is 0.600. The molecule has 15 heavy (non-hydrogen) atoms. The lowest BCUT2D eigenvalue weighted by Gasteiger charge is -1.92. The zero-order valence-electron chi connectivity index (χ0n) is 9.24. The standard InChI is InChI=1S/C8H13FN2O2.C2H6/c9-7(5-11-6-10)3-1-2-4-8(12)13;1-2/h3,6H,1-2,4-5H2,(H2,10,11)(H,12,13);1-2H3/b7-3-;. The molecule has 0 aromatic rings. The highest BCUT2D eigenvalue weighted by atomic mass is 19.1. The molecular weight excluding hydrogens is 199 g/mol. The zero-order chi connectivity index (χ0) is 12.1. The van der Waals surface area contributed by atoms with Crippen LogP contribution in [-0.4, -0.2) is 24.0 Å². The lowest BCUT2D eigenvalue weighted by Crippen LogP contribution is -1.93. The average molecular weight is 218 g/mol. The molecule has 3 N–H and O–H groups in total. The van der Waals surface area contributed by atoms with Crippen LogP contribution in [0.2, 0.25) is 0 Å². The van der Waals surface area contributed by atoms with Gasteiger partial charge >= 0.3 is 5.97 Å². The van der Waals surface area contributed by atoms with Crippen molar-refractivity contribution in [3.63, 3.8) is 0 Å². The Bertz CT molecular complexity index is 215. The van der Waals surface area contributed by atoms with E-state index in [9.17, 15) is 9.18 Å². The fourth-order valence-electron chi connectivity index (χ4n) is 0.716. The SMILES string of the molecule is CC.NC=NC/C(F)=C/CCCC(=O)O. The third-order valence-electron chi connectivity index (χ3n) is 1.31. The van der Waals surface area contributed by atoms with Crippen molar-refractivity contribution >= 4 is 12.3 Å². The van der Waals surface area contributed by atoms with E-state index >= 15 is 0 Å². The maximum atomic E-state index is 12.7. The third-order valence-corrected chi connectivity index (χ3v) is 1.31. The van der Waals surface area contributed by atoms with Crippen LogP contribution in [-0.2, 0) is 4.79 Å². The first-order valence-electron chi connectivity index (χ1n) is 4.93. The molecule has 0 aromatic carbocycles. The number of allylic oxidation sites excluding steroid dienone is 1. The van der Waals surface area contributed by atoms with Crippen molar-refractivity contribution in [2.45, 2.75) is 33.1 Å². The first-order valence-corrected chi connectivity index (χ1v) is 4.93. The number of aliphatic imine (C=N–C) groups is 1. The quantitative estimate of drug-likeness (QED) is 0.407. The minimum atomic E-state index is -0.867. The van der Waals surface area contributed by atoms with Crippen LogP contribution in [0.5, 0.6) is 0 Å². The van der Waals surface area contributed by atoms with Crippen LogP contribution in [0.4, 0.5) is 4.39 Å². The molecule has 88 valence electrons. The number of carboxylic acid groups (broad SMARTS) is 1. The second-order valence-electron chi connectivity index (χ2n) is 2.43. The van der Waals surface area contributed by atoms with E-state index < -0.39 is 5.97 Å². The van der Waals surface area contributed by atoms with Crippen LogP contribution in [0.1, 0.15) is 33.1 Å². The van der Waals surface area contributed by atoms with Gasteiger partial charge in [-0.2, -0.15) is 0 Å². The smallest absolute Gasteiger partial charge is 0.303 e. The van der Waals surface area contributed by atoms with Crippen LogP contribution in [0, 0.1) is 0 Å². The molecule has 0 atom stereocenters. The van der Waals surface area contributed by atoms with E-state index in [1.165, 1.54) is 6.08 Å². The van der Waals surface area contributed by atoms with Gasteiger partial charge in [-0.05, 0) is 12.8 Å². The van der Waals surface area contributed by atoms with Gasteiger partial charge in [0.05, 0.1) is 12.9 Å². The predicted molar refractivity (Wildman–Crippen MR) is 59.6 cm³/mol. The lowest BCUT2D eigenvalue weighted by molar-refractivity contribution is -0.137. The van der Waals surface area contributed by atoms with Crippen molar-refractivity contribution in [1.29, 1.82) is 0 Å². The highest BCUT2D eigenvalue weighted by Crippen LogP contribution is 2.03. The van der Waals surface area contributed by atoms with Crippen LogP contribution >= 0.6 is 0 Å². The summed E-state index contributed by atoms with van der Waals surface area (Å²) in [5.74, 6) is -1.25. The normalized spacial score (nSPS) is 11.0. The summed E-state index contributed by atoms with van der Waals surface area (Å²) in [5, 5.41) is 8.27. The van der Waals surface area contributed by atoms with Crippen molar-refractivity contribution in [2.75, 3.05) is 6.54 Å². The average Bonchev–Trinajstić information content (AvgIpc) is 2.24. The van der Waals surface area contributed by atoms with E-state index in [1.54, 1.807) is 0 Å².